The molecule has 0 aliphatic heterocycles. The Morgan fingerprint density at radius 1 is 1.00 bits per heavy atom. The second-order valence-electron chi connectivity index (χ2n) is 6.06. The van der Waals surface area contributed by atoms with Crippen LogP contribution in [-0.2, 0) is 10.8 Å². The minimum atomic E-state index is -0.680. The van der Waals surface area contributed by atoms with E-state index in [9.17, 15) is 4.21 Å². The molecule has 100 valence electrons. The largest absolute Gasteiger partial charge is 0.327 e. The van der Waals surface area contributed by atoms with Crippen LogP contribution in [0.5, 0.6) is 0 Å². The normalized spacial score (nSPS) is 41.8. The van der Waals surface area contributed by atoms with Gasteiger partial charge in [0.15, 0.2) is 0 Å². The Bertz CT molecular complexity index is 269. The topological polar surface area (TPSA) is 43.1 Å². The van der Waals surface area contributed by atoms with Crippen molar-refractivity contribution in [2.75, 3.05) is 0 Å². The van der Waals surface area contributed by atoms with E-state index in [1.807, 2.05) is 0 Å². The molecule has 2 N–H and O–H groups in total. The molecule has 0 aromatic rings. The highest BCUT2D eigenvalue weighted by Crippen LogP contribution is 2.31. The molecule has 2 aliphatic carbocycles. The van der Waals surface area contributed by atoms with E-state index in [0.717, 1.165) is 25.2 Å². The summed E-state index contributed by atoms with van der Waals surface area (Å²) in [6.45, 7) is 2.30. The molecule has 2 aliphatic rings. The summed E-state index contributed by atoms with van der Waals surface area (Å²) >= 11 is 0. The van der Waals surface area contributed by atoms with Gasteiger partial charge in [-0.3, -0.25) is 4.21 Å². The molecule has 0 amide bonds. The van der Waals surface area contributed by atoms with Crippen molar-refractivity contribution in [2.45, 2.75) is 81.3 Å². The molecule has 0 spiro atoms. The summed E-state index contributed by atoms with van der Waals surface area (Å²) in [6.07, 6.45) is 10.8. The van der Waals surface area contributed by atoms with E-state index in [-0.39, 0.29) is 11.3 Å². The number of hydrogen-bond acceptors (Lipinski definition) is 2. The van der Waals surface area contributed by atoms with Crippen LogP contribution in [0.4, 0.5) is 0 Å². The van der Waals surface area contributed by atoms with Gasteiger partial charge in [0, 0.05) is 22.1 Å². The fourth-order valence-corrected chi connectivity index (χ4v) is 5.72. The Balaban J connectivity index is 1.97. The smallest absolute Gasteiger partial charge is 0.0501 e. The summed E-state index contributed by atoms with van der Waals surface area (Å²) in [5.41, 5.74) is 6.23. The van der Waals surface area contributed by atoms with Crippen molar-refractivity contribution in [3.05, 3.63) is 0 Å². The molecule has 0 heterocycles. The molecule has 5 unspecified atom stereocenters. The van der Waals surface area contributed by atoms with Crippen LogP contribution in [0.2, 0.25) is 0 Å². The quantitative estimate of drug-likeness (QED) is 0.773. The molecular weight excluding hydrogens is 230 g/mol. The molecule has 0 radical (unpaired) electrons. The standard InChI is InChI=1S/C14H27NOS/c1-11-6-5-7-12(10-11)17(16)14-9-4-2-3-8-13(14)15/h11-14H,2-10,15H2,1H3. The van der Waals surface area contributed by atoms with Crippen LogP contribution in [0.3, 0.4) is 0 Å². The van der Waals surface area contributed by atoms with Gasteiger partial charge in [0.2, 0.25) is 0 Å². The maximum atomic E-state index is 12.7. The maximum Gasteiger partial charge on any atom is 0.0501 e. The Hall–Kier alpha value is 0.110. The second kappa shape index (κ2) is 6.33. The van der Waals surface area contributed by atoms with Gasteiger partial charge in [0.05, 0.1) is 5.25 Å². The van der Waals surface area contributed by atoms with Crippen molar-refractivity contribution >= 4 is 10.8 Å². The van der Waals surface area contributed by atoms with Crippen LogP contribution in [0.1, 0.15) is 64.7 Å². The van der Waals surface area contributed by atoms with Crippen LogP contribution in [-0.4, -0.2) is 20.8 Å². The Morgan fingerprint density at radius 2 is 1.76 bits per heavy atom. The van der Waals surface area contributed by atoms with Crippen LogP contribution in [0.15, 0.2) is 0 Å². The molecule has 2 fully saturated rings. The summed E-state index contributed by atoms with van der Waals surface area (Å²) in [5.74, 6) is 0.764. The zero-order chi connectivity index (χ0) is 12.3. The lowest BCUT2D eigenvalue weighted by molar-refractivity contribution is 0.386. The van der Waals surface area contributed by atoms with Gasteiger partial charge in [-0.25, -0.2) is 0 Å². The van der Waals surface area contributed by atoms with Gasteiger partial charge in [-0.15, -0.1) is 0 Å². The fraction of sp³-hybridized carbons (Fsp3) is 1.00. The van der Waals surface area contributed by atoms with Gasteiger partial charge in [0.25, 0.3) is 0 Å². The van der Waals surface area contributed by atoms with Crippen molar-refractivity contribution in [1.29, 1.82) is 0 Å². The molecule has 5 atom stereocenters. The van der Waals surface area contributed by atoms with Crippen molar-refractivity contribution in [2.24, 2.45) is 11.7 Å². The predicted octanol–water partition coefficient (Wildman–Crippen LogP) is 2.97. The Kier molecular flexibility index (Phi) is 5.04. The molecule has 0 saturated heterocycles. The first kappa shape index (κ1) is 13.5. The summed E-state index contributed by atoms with van der Waals surface area (Å²) < 4.78 is 12.7. The van der Waals surface area contributed by atoms with Crippen LogP contribution in [0, 0.1) is 5.92 Å². The van der Waals surface area contributed by atoms with Crippen LogP contribution in [0.25, 0.3) is 0 Å². The lowest BCUT2D eigenvalue weighted by Gasteiger charge is -2.31. The third-order valence-corrected chi connectivity index (χ3v) is 6.79. The molecule has 0 bridgehead atoms. The predicted molar refractivity (Wildman–Crippen MR) is 74.4 cm³/mol. The van der Waals surface area contributed by atoms with E-state index < -0.39 is 10.8 Å². The Morgan fingerprint density at radius 3 is 2.53 bits per heavy atom. The molecule has 3 heteroatoms. The van der Waals surface area contributed by atoms with Gasteiger partial charge >= 0.3 is 0 Å². The Labute approximate surface area is 108 Å². The van der Waals surface area contributed by atoms with Crippen LogP contribution < -0.4 is 5.73 Å². The molecule has 2 rings (SSSR count). The van der Waals surface area contributed by atoms with E-state index in [0.29, 0.717) is 5.25 Å². The summed E-state index contributed by atoms with van der Waals surface area (Å²) in [7, 11) is -0.680. The zero-order valence-corrected chi connectivity index (χ0v) is 11.9. The van der Waals surface area contributed by atoms with Gasteiger partial charge < -0.3 is 5.73 Å². The lowest BCUT2D eigenvalue weighted by atomic mass is 9.90. The molecule has 0 aromatic heterocycles. The SMILES string of the molecule is CC1CCCC(S(=O)C2CCCCCC2N)C1. The maximum absolute atomic E-state index is 12.7. The molecule has 17 heavy (non-hydrogen) atoms. The van der Waals surface area contributed by atoms with Crippen molar-refractivity contribution in [1.82, 2.24) is 0 Å². The van der Waals surface area contributed by atoms with Gasteiger partial charge in [-0.05, 0) is 31.6 Å². The summed E-state index contributed by atoms with van der Waals surface area (Å²) in [5, 5.41) is 0.723. The third-order valence-electron chi connectivity index (χ3n) is 4.52. The molecule has 2 saturated carbocycles. The van der Waals surface area contributed by atoms with Crippen molar-refractivity contribution in [3.63, 3.8) is 0 Å². The van der Waals surface area contributed by atoms with E-state index in [2.05, 4.69) is 6.92 Å². The second-order valence-corrected chi connectivity index (χ2v) is 7.99. The highest BCUT2D eigenvalue weighted by Gasteiger charge is 2.32. The van der Waals surface area contributed by atoms with Crippen molar-refractivity contribution < 1.29 is 4.21 Å². The minimum absolute atomic E-state index is 0.190. The van der Waals surface area contributed by atoms with Gasteiger partial charge in [-0.1, -0.05) is 39.0 Å². The average Bonchev–Trinajstić information content (AvgIpc) is 2.53. The number of hydrogen-bond donors (Lipinski definition) is 1. The first-order chi connectivity index (χ1) is 8.18. The summed E-state index contributed by atoms with van der Waals surface area (Å²) in [6, 6.07) is 0.190. The van der Waals surface area contributed by atoms with E-state index in [1.165, 1.54) is 38.5 Å². The fourth-order valence-electron chi connectivity index (χ4n) is 3.43. The lowest BCUT2D eigenvalue weighted by Crippen LogP contribution is -2.41. The van der Waals surface area contributed by atoms with E-state index in [1.54, 1.807) is 0 Å². The average molecular weight is 257 g/mol. The first-order valence-corrected chi connectivity index (χ1v) is 8.61. The highest BCUT2D eigenvalue weighted by atomic mass is 32.2. The minimum Gasteiger partial charge on any atom is -0.327 e. The number of nitrogens with two attached hydrogens (primary N) is 1. The highest BCUT2D eigenvalue weighted by molar-refractivity contribution is 7.86. The van der Waals surface area contributed by atoms with E-state index >= 15 is 0 Å². The molecule has 0 aromatic carbocycles. The summed E-state index contributed by atoms with van der Waals surface area (Å²) in [4.78, 5) is 0. The monoisotopic (exact) mass is 257 g/mol. The molecule has 2 nitrogen and oxygen atoms in total. The van der Waals surface area contributed by atoms with E-state index in [4.69, 9.17) is 5.73 Å². The first-order valence-electron chi connectivity index (χ1n) is 7.33. The molecular formula is C14H27NOS. The van der Waals surface area contributed by atoms with Crippen LogP contribution >= 0.6 is 0 Å². The van der Waals surface area contributed by atoms with Gasteiger partial charge in [0.1, 0.15) is 0 Å². The number of rotatable bonds is 2. The zero-order valence-electron chi connectivity index (χ0n) is 11.1. The van der Waals surface area contributed by atoms with Gasteiger partial charge in [-0.2, -0.15) is 0 Å². The van der Waals surface area contributed by atoms with Crippen molar-refractivity contribution in [3.8, 4) is 0 Å². The third kappa shape index (κ3) is 3.54.